The minimum atomic E-state index is -1.02. The first-order chi connectivity index (χ1) is 13.0. The molecule has 0 aliphatic heterocycles. The zero-order valence-electron chi connectivity index (χ0n) is 15.1. The molecule has 2 N–H and O–H groups in total. The van der Waals surface area contributed by atoms with E-state index in [2.05, 4.69) is 16.5 Å². The van der Waals surface area contributed by atoms with E-state index in [0.717, 1.165) is 22.4 Å². The van der Waals surface area contributed by atoms with Crippen molar-refractivity contribution in [3.63, 3.8) is 0 Å². The first kappa shape index (κ1) is 18.8. The number of allylic oxidation sites excluding steroid dienone is 2. The van der Waals surface area contributed by atoms with Gasteiger partial charge in [0.15, 0.2) is 0 Å². The third-order valence-electron chi connectivity index (χ3n) is 4.71. The van der Waals surface area contributed by atoms with Crippen molar-refractivity contribution in [2.75, 3.05) is 5.32 Å². The molecule has 0 fully saturated rings. The van der Waals surface area contributed by atoms with E-state index in [1.54, 1.807) is 6.07 Å². The molecule has 0 aromatic heterocycles. The van der Waals surface area contributed by atoms with Crippen LogP contribution in [0, 0.1) is 31.1 Å². The lowest BCUT2D eigenvalue weighted by atomic mass is 9.84. The van der Waals surface area contributed by atoms with Gasteiger partial charge in [0.25, 0.3) is 0 Å². The Kier molecular flexibility index (Phi) is 5.34. The van der Waals surface area contributed by atoms with E-state index >= 15 is 0 Å². The quantitative estimate of drug-likeness (QED) is 0.255. The average molecular weight is 378 g/mol. The Labute approximate surface area is 164 Å². The van der Waals surface area contributed by atoms with Crippen LogP contribution in [0.5, 0.6) is 0 Å². The summed E-state index contributed by atoms with van der Waals surface area (Å²) in [6.07, 6.45) is 7.52. The average Bonchev–Trinajstić information content (AvgIpc) is 2.67. The van der Waals surface area contributed by atoms with Gasteiger partial charge in [0.1, 0.15) is 5.00 Å². The van der Waals surface area contributed by atoms with Crippen molar-refractivity contribution in [2.45, 2.75) is 18.8 Å². The second-order valence-electron chi connectivity index (χ2n) is 6.56. The number of hydrogen-bond acceptors (Lipinski definition) is 4. The summed E-state index contributed by atoms with van der Waals surface area (Å²) in [5.74, 6) is -0.398. The van der Waals surface area contributed by atoms with Gasteiger partial charge in [-0.05, 0) is 49.2 Å². The van der Waals surface area contributed by atoms with E-state index in [4.69, 9.17) is 16.9 Å². The number of aryl methyl sites for hydroxylation is 2. The number of anilines is 1. The summed E-state index contributed by atoms with van der Waals surface area (Å²) in [6.45, 7) is 3.89. The first-order valence-corrected chi connectivity index (χ1v) is 8.98. The van der Waals surface area contributed by atoms with E-state index in [-0.39, 0.29) is 0 Å². The fraction of sp³-hybridized carbons (Fsp3) is 0.182. The van der Waals surface area contributed by atoms with Crippen molar-refractivity contribution >= 4 is 23.0 Å². The SMILES string of the molecule is Cc1cc(C#N)ccc1NC1(Cl)C=CC=CC1C(=NO)c1ccccc1C. The number of nitrogens with zero attached hydrogens (tertiary/aromatic N) is 2. The molecule has 0 bridgehead atoms. The van der Waals surface area contributed by atoms with Crippen LogP contribution in [-0.2, 0) is 0 Å². The third kappa shape index (κ3) is 3.74. The minimum Gasteiger partial charge on any atom is -0.411 e. The first-order valence-electron chi connectivity index (χ1n) is 8.60. The van der Waals surface area contributed by atoms with Gasteiger partial charge in [0.2, 0.25) is 0 Å². The second-order valence-corrected chi connectivity index (χ2v) is 7.18. The van der Waals surface area contributed by atoms with Crippen LogP contribution in [0.4, 0.5) is 5.69 Å². The Morgan fingerprint density at radius 3 is 2.63 bits per heavy atom. The molecule has 1 aliphatic rings. The molecular weight excluding hydrogens is 358 g/mol. The highest BCUT2D eigenvalue weighted by Crippen LogP contribution is 2.36. The molecular formula is C22H20ClN3O. The largest absolute Gasteiger partial charge is 0.411 e. The minimum absolute atomic E-state index is 0.398. The Balaban J connectivity index is 2.00. The maximum Gasteiger partial charge on any atom is 0.143 e. The molecule has 0 amide bonds. The smallest absolute Gasteiger partial charge is 0.143 e. The van der Waals surface area contributed by atoms with Crippen LogP contribution in [0.15, 0.2) is 71.9 Å². The normalized spacial score (nSPS) is 21.7. The highest BCUT2D eigenvalue weighted by Gasteiger charge is 2.39. The van der Waals surface area contributed by atoms with Gasteiger partial charge in [-0.15, -0.1) is 0 Å². The summed E-state index contributed by atoms with van der Waals surface area (Å²) < 4.78 is 0. The summed E-state index contributed by atoms with van der Waals surface area (Å²) in [6, 6.07) is 15.3. The summed E-state index contributed by atoms with van der Waals surface area (Å²) in [4.78, 5) is -1.02. The lowest BCUT2D eigenvalue weighted by Crippen LogP contribution is -2.43. The fourth-order valence-corrected chi connectivity index (χ4v) is 3.60. The number of alkyl halides is 1. The van der Waals surface area contributed by atoms with Crippen LogP contribution in [0.3, 0.4) is 0 Å². The Morgan fingerprint density at radius 1 is 1.19 bits per heavy atom. The summed E-state index contributed by atoms with van der Waals surface area (Å²) in [7, 11) is 0. The molecule has 0 radical (unpaired) electrons. The van der Waals surface area contributed by atoms with Crippen molar-refractivity contribution < 1.29 is 5.21 Å². The van der Waals surface area contributed by atoms with Crippen LogP contribution >= 0.6 is 11.6 Å². The number of nitrogens with one attached hydrogen (secondary N) is 1. The predicted octanol–water partition coefficient (Wildman–Crippen LogP) is 5.14. The molecule has 2 aromatic rings. The molecule has 4 nitrogen and oxygen atoms in total. The molecule has 136 valence electrons. The summed E-state index contributed by atoms with van der Waals surface area (Å²) in [5.41, 5.74) is 4.65. The van der Waals surface area contributed by atoms with Crippen LogP contribution in [0.25, 0.3) is 0 Å². The molecule has 0 saturated carbocycles. The van der Waals surface area contributed by atoms with Gasteiger partial charge in [0.05, 0.1) is 23.3 Å². The van der Waals surface area contributed by atoms with Crippen molar-refractivity contribution in [1.29, 1.82) is 5.26 Å². The van der Waals surface area contributed by atoms with Gasteiger partial charge >= 0.3 is 0 Å². The topological polar surface area (TPSA) is 68.4 Å². The zero-order valence-corrected chi connectivity index (χ0v) is 15.9. The lowest BCUT2D eigenvalue weighted by Gasteiger charge is -2.35. The lowest BCUT2D eigenvalue weighted by molar-refractivity contribution is 0.315. The van der Waals surface area contributed by atoms with Gasteiger partial charge in [-0.2, -0.15) is 5.26 Å². The Morgan fingerprint density at radius 2 is 1.96 bits per heavy atom. The molecule has 2 unspecified atom stereocenters. The van der Waals surface area contributed by atoms with Gasteiger partial charge in [-0.1, -0.05) is 59.3 Å². The number of halogens is 1. The van der Waals surface area contributed by atoms with Crippen molar-refractivity contribution in [1.82, 2.24) is 0 Å². The Hall–Kier alpha value is -3.03. The highest BCUT2D eigenvalue weighted by molar-refractivity contribution is 6.29. The summed E-state index contributed by atoms with van der Waals surface area (Å²) >= 11 is 6.99. The van der Waals surface area contributed by atoms with Gasteiger partial charge in [-0.3, -0.25) is 0 Å². The van der Waals surface area contributed by atoms with Gasteiger partial charge < -0.3 is 10.5 Å². The van der Waals surface area contributed by atoms with Crippen LogP contribution in [0.1, 0.15) is 22.3 Å². The molecule has 0 spiro atoms. The van der Waals surface area contributed by atoms with Gasteiger partial charge in [-0.25, -0.2) is 0 Å². The molecule has 5 heteroatoms. The van der Waals surface area contributed by atoms with Crippen molar-refractivity contribution in [2.24, 2.45) is 11.1 Å². The van der Waals surface area contributed by atoms with E-state index in [1.807, 2.05) is 74.5 Å². The van der Waals surface area contributed by atoms with Crippen LogP contribution in [-0.4, -0.2) is 15.9 Å². The number of hydrogen-bond donors (Lipinski definition) is 2. The number of benzene rings is 2. The number of rotatable bonds is 4. The van der Waals surface area contributed by atoms with Crippen LogP contribution < -0.4 is 5.32 Å². The molecule has 2 aromatic carbocycles. The predicted molar refractivity (Wildman–Crippen MR) is 109 cm³/mol. The van der Waals surface area contributed by atoms with E-state index in [9.17, 15) is 5.21 Å². The molecule has 27 heavy (non-hydrogen) atoms. The fourth-order valence-electron chi connectivity index (χ4n) is 3.25. The number of nitriles is 1. The monoisotopic (exact) mass is 377 g/mol. The Bertz CT molecular complexity index is 987. The molecule has 0 saturated heterocycles. The molecule has 3 rings (SSSR count). The van der Waals surface area contributed by atoms with Crippen molar-refractivity contribution in [3.05, 3.63) is 89.0 Å². The standard InChI is InChI=1S/C22H20ClN3O/c1-15-7-3-4-8-18(15)21(26-27)19-9-5-6-12-22(19,23)25-20-11-10-17(14-24)13-16(20)2/h3-13,19,25,27H,1-2H3. The van der Waals surface area contributed by atoms with Gasteiger partial charge in [0, 0.05) is 11.3 Å². The highest BCUT2D eigenvalue weighted by atomic mass is 35.5. The molecule has 1 aliphatic carbocycles. The maximum atomic E-state index is 9.78. The molecule has 0 heterocycles. The number of oxime groups is 1. The van der Waals surface area contributed by atoms with Crippen LogP contribution in [0.2, 0.25) is 0 Å². The van der Waals surface area contributed by atoms with E-state index < -0.39 is 10.9 Å². The van der Waals surface area contributed by atoms with E-state index in [0.29, 0.717) is 11.3 Å². The second kappa shape index (κ2) is 7.69. The maximum absolute atomic E-state index is 9.78. The molecule has 2 atom stereocenters. The van der Waals surface area contributed by atoms with Crippen molar-refractivity contribution in [3.8, 4) is 6.07 Å². The summed E-state index contributed by atoms with van der Waals surface area (Å²) in [5, 5.41) is 25.8. The zero-order chi connectivity index (χ0) is 19.4. The third-order valence-corrected chi connectivity index (χ3v) is 5.17. The van der Waals surface area contributed by atoms with E-state index in [1.165, 1.54) is 0 Å².